The number of ether oxygens (including phenoxy) is 2. The molecule has 2 aliphatic rings. The molecule has 1 aromatic rings. The monoisotopic (exact) mass is 321 g/mol. The number of nitrogens with zero attached hydrogens (tertiary/aromatic N) is 1. The van der Waals surface area contributed by atoms with Crippen molar-refractivity contribution in [2.24, 2.45) is 0 Å². The smallest absolute Gasteiger partial charge is 0.246 e. The highest BCUT2D eigenvalue weighted by Crippen LogP contribution is 2.38. The van der Waals surface area contributed by atoms with E-state index >= 15 is 0 Å². The van der Waals surface area contributed by atoms with E-state index in [0.29, 0.717) is 35.8 Å². The molecule has 3 rings (SSSR count). The summed E-state index contributed by atoms with van der Waals surface area (Å²) in [6.07, 6.45) is 6.76. The molecule has 0 aromatic heterocycles. The summed E-state index contributed by atoms with van der Waals surface area (Å²) in [4.78, 5) is 14.2. The number of halogens is 1. The van der Waals surface area contributed by atoms with E-state index in [9.17, 15) is 4.79 Å². The van der Waals surface area contributed by atoms with Crippen molar-refractivity contribution in [1.82, 2.24) is 4.90 Å². The van der Waals surface area contributed by atoms with Crippen LogP contribution >= 0.6 is 11.6 Å². The zero-order chi connectivity index (χ0) is 15.5. The molecule has 1 amide bonds. The Morgan fingerprint density at radius 2 is 2.14 bits per heavy atom. The van der Waals surface area contributed by atoms with Crippen LogP contribution in [0.15, 0.2) is 18.2 Å². The number of rotatable bonds is 2. The highest BCUT2D eigenvalue weighted by Gasteiger charge is 2.21. The van der Waals surface area contributed by atoms with Crippen LogP contribution in [0.3, 0.4) is 0 Å². The van der Waals surface area contributed by atoms with Gasteiger partial charge in [-0.05, 0) is 50.0 Å². The lowest BCUT2D eigenvalue weighted by Gasteiger charge is -2.32. The predicted octanol–water partition coefficient (Wildman–Crippen LogP) is 3.53. The number of carbonyl (C=O) groups is 1. The molecule has 0 aliphatic carbocycles. The molecule has 0 bridgehead atoms. The van der Waals surface area contributed by atoms with Gasteiger partial charge in [0.25, 0.3) is 0 Å². The van der Waals surface area contributed by atoms with Crippen LogP contribution in [0, 0.1) is 0 Å². The second kappa shape index (κ2) is 6.61. The van der Waals surface area contributed by atoms with Gasteiger partial charge in [-0.2, -0.15) is 0 Å². The van der Waals surface area contributed by atoms with Gasteiger partial charge in [0.05, 0.1) is 5.02 Å². The molecule has 0 radical (unpaired) electrons. The Labute approximate surface area is 135 Å². The van der Waals surface area contributed by atoms with Gasteiger partial charge >= 0.3 is 0 Å². The molecule has 1 saturated heterocycles. The number of likely N-dealkylation sites (tertiary alicyclic amines) is 1. The van der Waals surface area contributed by atoms with Crippen LogP contribution in [0.4, 0.5) is 0 Å². The van der Waals surface area contributed by atoms with Crippen LogP contribution < -0.4 is 9.47 Å². The maximum absolute atomic E-state index is 12.3. The summed E-state index contributed by atoms with van der Waals surface area (Å²) in [5.74, 6) is 1.27. The number of hydrogen-bond donors (Lipinski definition) is 0. The van der Waals surface area contributed by atoms with Crippen molar-refractivity contribution in [3.05, 3.63) is 28.8 Å². The van der Waals surface area contributed by atoms with Gasteiger partial charge in [0.1, 0.15) is 13.2 Å². The summed E-state index contributed by atoms with van der Waals surface area (Å²) in [7, 11) is 0. The number of carbonyl (C=O) groups excluding carboxylic acids is 1. The Morgan fingerprint density at radius 1 is 1.32 bits per heavy atom. The minimum absolute atomic E-state index is 0.0539. The summed E-state index contributed by atoms with van der Waals surface area (Å²) in [5, 5.41) is 0.510. The van der Waals surface area contributed by atoms with E-state index in [2.05, 4.69) is 6.92 Å². The molecule has 5 heteroatoms. The molecule has 0 spiro atoms. The largest absolute Gasteiger partial charge is 0.486 e. The zero-order valence-corrected chi connectivity index (χ0v) is 13.4. The van der Waals surface area contributed by atoms with E-state index in [1.807, 2.05) is 11.0 Å². The van der Waals surface area contributed by atoms with E-state index < -0.39 is 0 Å². The lowest BCUT2D eigenvalue weighted by atomic mass is 10.0. The molecule has 1 fully saturated rings. The maximum Gasteiger partial charge on any atom is 0.246 e. The van der Waals surface area contributed by atoms with Crippen molar-refractivity contribution in [1.29, 1.82) is 0 Å². The normalized spacial score (nSPS) is 21.2. The van der Waals surface area contributed by atoms with Gasteiger partial charge in [-0.15, -0.1) is 0 Å². The summed E-state index contributed by atoms with van der Waals surface area (Å²) >= 11 is 6.20. The Hall–Kier alpha value is -1.68. The summed E-state index contributed by atoms with van der Waals surface area (Å²) in [6.45, 7) is 3.96. The van der Waals surface area contributed by atoms with Crippen molar-refractivity contribution in [2.75, 3.05) is 19.8 Å². The van der Waals surface area contributed by atoms with Gasteiger partial charge in [-0.1, -0.05) is 11.6 Å². The average Bonchev–Trinajstić information content (AvgIpc) is 2.53. The first-order valence-corrected chi connectivity index (χ1v) is 8.11. The summed E-state index contributed by atoms with van der Waals surface area (Å²) in [6, 6.07) is 3.96. The Bertz CT molecular complexity index is 600. The number of fused-ring (bicyclic) bond motifs is 1. The first-order valence-electron chi connectivity index (χ1n) is 7.73. The minimum atomic E-state index is 0.0539. The second-order valence-corrected chi connectivity index (χ2v) is 6.14. The highest BCUT2D eigenvalue weighted by molar-refractivity contribution is 6.32. The van der Waals surface area contributed by atoms with E-state index in [0.717, 1.165) is 24.9 Å². The summed E-state index contributed by atoms with van der Waals surface area (Å²) in [5.41, 5.74) is 0.840. The Balaban J connectivity index is 1.75. The molecular formula is C17H20ClNO3. The predicted molar refractivity (Wildman–Crippen MR) is 86.5 cm³/mol. The van der Waals surface area contributed by atoms with E-state index in [-0.39, 0.29) is 5.91 Å². The van der Waals surface area contributed by atoms with Crippen molar-refractivity contribution >= 4 is 23.6 Å². The van der Waals surface area contributed by atoms with Crippen LogP contribution in [0.5, 0.6) is 11.5 Å². The Morgan fingerprint density at radius 3 is 2.95 bits per heavy atom. The van der Waals surface area contributed by atoms with Crippen molar-refractivity contribution < 1.29 is 14.3 Å². The topological polar surface area (TPSA) is 38.8 Å². The molecule has 1 atom stereocenters. The van der Waals surface area contributed by atoms with Crippen molar-refractivity contribution in [3.8, 4) is 11.5 Å². The van der Waals surface area contributed by atoms with E-state index in [4.69, 9.17) is 21.1 Å². The molecule has 4 nitrogen and oxygen atoms in total. The molecule has 0 N–H and O–H groups in total. The molecule has 2 aliphatic heterocycles. The Kier molecular flexibility index (Phi) is 4.57. The van der Waals surface area contributed by atoms with Crippen LogP contribution in [0.25, 0.3) is 6.08 Å². The molecule has 22 heavy (non-hydrogen) atoms. The number of amides is 1. The standard InChI is InChI=1S/C17H20ClNO3/c1-12-4-2-3-7-19(12)16(20)6-5-13-10-14(18)17-15(11-13)21-8-9-22-17/h5-6,10-12H,2-4,7-9H2,1H3/b6-5+. The molecule has 1 unspecified atom stereocenters. The molecule has 118 valence electrons. The first kappa shape index (κ1) is 15.2. The van der Waals surface area contributed by atoms with Crippen molar-refractivity contribution in [2.45, 2.75) is 32.2 Å². The van der Waals surface area contributed by atoms with Gasteiger partial charge in [0.2, 0.25) is 5.91 Å². The first-order chi connectivity index (χ1) is 10.6. The van der Waals surface area contributed by atoms with E-state index in [1.165, 1.54) is 6.42 Å². The zero-order valence-electron chi connectivity index (χ0n) is 12.7. The average molecular weight is 322 g/mol. The van der Waals surface area contributed by atoms with Gasteiger partial charge in [0.15, 0.2) is 11.5 Å². The fourth-order valence-electron chi connectivity index (χ4n) is 2.92. The fraction of sp³-hybridized carbons (Fsp3) is 0.471. The molecule has 1 aromatic carbocycles. The van der Waals surface area contributed by atoms with Gasteiger partial charge in [-0.25, -0.2) is 0 Å². The number of hydrogen-bond acceptors (Lipinski definition) is 3. The third kappa shape index (κ3) is 3.22. The highest BCUT2D eigenvalue weighted by atomic mass is 35.5. The number of benzene rings is 1. The van der Waals surface area contributed by atoms with Gasteiger partial charge < -0.3 is 14.4 Å². The SMILES string of the molecule is CC1CCCCN1C(=O)/C=C/c1cc(Cl)c2c(c1)OCCO2. The quantitative estimate of drug-likeness (QED) is 0.782. The van der Waals surface area contributed by atoms with Crippen LogP contribution in [-0.4, -0.2) is 36.6 Å². The third-order valence-corrected chi connectivity index (χ3v) is 4.40. The summed E-state index contributed by atoms with van der Waals surface area (Å²) < 4.78 is 11.0. The third-order valence-electron chi connectivity index (χ3n) is 4.12. The minimum Gasteiger partial charge on any atom is -0.486 e. The van der Waals surface area contributed by atoms with Crippen LogP contribution in [0.1, 0.15) is 31.7 Å². The van der Waals surface area contributed by atoms with E-state index in [1.54, 1.807) is 18.2 Å². The lowest BCUT2D eigenvalue weighted by Crippen LogP contribution is -2.41. The van der Waals surface area contributed by atoms with Crippen LogP contribution in [0.2, 0.25) is 5.02 Å². The van der Waals surface area contributed by atoms with Gasteiger partial charge in [-0.3, -0.25) is 4.79 Å². The maximum atomic E-state index is 12.3. The molecule has 2 heterocycles. The fourth-order valence-corrected chi connectivity index (χ4v) is 3.19. The molecular weight excluding hydrogens is 302 g/mol. The van der Waals surface area contributed by atoms with Gasteiger partial charge in [0, 0.05) is 18.7 Å². The second-order valence-electron chi connectivity index (χ2n) is 5.74. The van der Waals surface area contributed by atoms with Crippen molar-refractivity contribution in [3.63, 3.8) is 0 Å². The number of piperidine rings is 1. The lowest BCUT2D eigenvalue weighted by molar-refractivity contribution is -0.129. The molecule has 0 saturated carbocycles. The van der Waals surface area contributed by atoms with Crippen LogP contribution in [-0.2, 0) is 4.79 Å².